The lowest BCUT2D eigenvalue weighted by Crippen LogP contribution is -2.21. The van der Waals surface area contributed by atoms with Crippen LogP contribution in [0.15, 0.2) is 48.5 Å². The minimum atomic E-state index is 0.617. The van der Waals surface area contributed by atoms with Gasteiger partial charge in [-0.2, -0.15) is 0 Å². The molecule has 0 aliphatic carbocycles. The number of nitrogens with zero attached hydrogens (tertiary/aromatic N) is 2. The lowest BCUT2D eigenvalue weighted by molar-refractivity contribution is -0.103. The summed E-state index contributed by atoms with van der Waals surface area (Å²) in [7, 11) is 1.50. The van der Waals surface area contributed by atoms with Crippen LogP contribution in [0, 0.1) is 0 Å². The molecule has 0 radical (unpaired) electrons. The van der Waals surface area contributed by atoms with Crippen LogP contribution in [0.25, 0.3) is 21.9 Å². The van der Waals surface area contributed by atoms with Crippen LogP contribution in [0.1, 0.15) is 24.4 Å². The maximum Gasteiger partial charge on any atom is 0.153 e. The molecule has 5 heteroatoms. The second-order valence-electron chi connectivity index (χ2n) is 5.47. The summed E-state index contributed by atoms with van der Waals surface area (Å²) in [5.74, 6) is 0. The lowest BCUT2D eigenvalue weighted by atomic mass is 10.1. The Bertz CT molecular complexity index is 831. The number of allylic oxidation sites excluding steroid dienone is 1. The summed E-state index contributed by atoms with van der Waals surface area (Å²) in [5.41, 5.74) is 8.26. The Morgan fingerprint density at radius 2 is 1.73 bits per heavy atom. The van der Waals surface area contributed by atoms with Gasteiger partial charge in [-0.3, -0.25) is 4.79 Å². The van der Waals surface area contributed by atoms with Crippen LogP contribution < -0.4 is 10.6 Å². The quantitative estimate of drug-likeness (QED) is 0.516. The van der Waals surface area contributed by atoms with E-state index in [1.807, 2.05) is 42.5 Å². The number of aromatic nitrogens is 1. The Morgan fingerprint density at radius 3 is 2.31 bits per heavy atom. The van der Waals surface area contributed by atoms with Crippen molar-refractivity contribution >= 4 is 45.2 Å². The van der Waals surface area contributed by atoms with Gasteiger partial charge in [-0.1, -0.05) is 24.3 Å². The average Bonchev–Trinajstić information content (AvgIpc) is 3.13. The summed E-state index contributed by atoms with van der Waals surface area (Å²) in [4.78, 5) is 18.4. The van der Waals surface area contributed by atoms with Gasteiger partial charge in [-0.15, -0.1) is 11.3 Å². The van der Waals surface area contributed by atoms with E-state index in [1.165, 1.54) is 12.7 Å². The number of benzene rings is 2. The Hall–Kier alpha value is -2.50. The highest BCUT2D eigenvalue weighted by Gasteiger charge is 2.08. The number of para-hydroxylation sites is 1. The van der Waals surface area contributed by atoms with E-state index in [9.17, 15) is 4.79 Å². The highest BCUT2D eigenvalue weighted by Crippen LogP contribution is 2.27. The first-order valence-corrected chi connectivity index (χ1v) is 9.52. The molecule has 1 heterocycles. The van der Waals surface area contributed by atoms with Gasteiger partial charge in [-0.25, -0.2) is 4.98 Å². The van der Waals surface area contributed by atoms with Crippen LogP contribution in [0.3, 0.4) is 0 Å². The number of rotatable bonds is 6. The van der Waals surface area contributed by atoms with Gasteiger partial charge in [0.25, 0.3) is 0 Å². The average molecular weight is 368 g/mol. The first-order valence-electron chi connectivity index (χ1n) is 8.70. The topological polar surface area (TPSA) is 59.2 Å². The molecule has 2 N–H and O–H groups in total. The molecule has 3 aromatic rings. The zero-order valence-electron chi connectivity index (χ0n) is 15.5. The molecular weight excluding hydrogens is 342 g/mol. The normalized spacial score (nSPS) is 11.0. The molecule has 0 atom stereocenters. The second-order valence-corrected chi connectivity index (χ2v) is 6.50. The summed E-state index contributed by atoms with van der Waals surface area (Å²) in [5, 5.41) is 0.763. The number of carbonyl (C=O) groups is 1. The number of carbonyl (C=O) groups excluding carboxylic acids is 1. The Labute approximate surface area is 159 Å². The van der Waals surface area contributed by atoms with Gasteiger partial charge in [0.1, 0.15) is 5.01 Å². The molecule has 4 nitrogen and oxygen atoms in total. The molecule has 0 saturated carbocycles. The van der Waals surface area contributed by atoms with Gasteiger partial charge >= 0.3 is 0 Å². The third kappa shape index (κ3) is 4.56. The number of aldehydes is 1. The molecule has 0 amide bonds. The van der Waals surface area contributed by atoms with Gasteiger partial charge < -0.3 is 10.6 Å². The van der Waals surface area contributed by atoms with Crippen molar-refractivity contribution in [1.29, 1.82) is 0 Å². The molecule has 0 aliphatic rings. The van der Waals surface area contributed by atoms with Crippen LogP contribution >= 0.6 is 11.3 Å². The predicted octanol–water partition coefficient (Wildman–Crippen LogP) is 4.46. The van der Waals surface area contributed by atoms with E-state index in [0.29, 0.717) is 5.57 Å². The molecule has 136 valence electrons. The van der Waals surface area contributed by atoms with Gasteiger partial charge in [0.15, 0.2) is 6.29 Å². The zero-order valence-corrected chi connectivity index (χ0v) is 16.3. The fourth-order valence-electron chi connectivity index (χ4n) is 2.69. The maximum absolute atomic E-state index is 11.5. The smallest absolute Gasteiger partial charge is 0.153 e. The number of thiazole rings is 1. The van der Waals surface area contributed by atoms with Crippen molar-refractivity contribution in [3.63, 3.8) is 0 Å². The van der Waals surface area contributed by atoms with Crippen molar-refractivity contribution in [2.75, 3.05) is 25.0 Å². The summed E-state index contributed by atoms with van der Waals surface area (Å²) < 4.78 is 1.09. The van der Waals surface area contributed by atoms with E-state index < -0.39 is 0 Å². The number of nitrogens with two attached hydrogens (primary N) is 1. The van der Waals surface area contributed by atoms with Crippen LogP contribution in [-0.4, -0.2) is 31.4 Å². The first-order chi connectivity index (χ1) is 12.7. The highest BCUT2D eigenvalue weighted by atomic mass is 32.1. The maximum atomic E-state index is 11.5. The molecule has 0 fully saturated rings. The van der Waals surface area contributed by atoms with Crippen molar-refractivity contribution < 1.29 is 4.79 Å². The monoisotopic (exact) mass is 367 g/mol. The predicted molar refractivity (Wildman–Crippen MR) is 114 cm³/mol. The zero-order chi connectivity index (χ0) is 18.9. The fraction of sp³-hybridized carbons (Fsp3) is 0.238. The lowest BCUT2D eigenvalue weighted by Gasteiger charge is -2.20. The molecule has 26 heavy (non-hydrogen) atoms. The largest absolute Gasteiger partial charge is 0.372 e. The summed E-state index contributed by atoms with van der Waals surface area (Å²) in [6.45, 7) is 6.26. The van der Waals surface area contributed by atoms with Crippen LogP contribution in [0.4, 0.5) is 5.69 Å². The fourth-order valence-corrected chi connectivity index (χ4v) is 3.63. The Kier molecular flexibility index (Phi) is 7.51. The van der Waals surface area contributed by atoms with Crippen LogP contribution in [0.5, 0.6) is 0 Å². The third-order valence-corrected chi connectivity index (χ3v) is 5.10. The summed E-state index contributed by atoms with van der Waals surface area (Å²) in [6, 6.07) is 16.2. The SMILES string of the molecule is CCN(CC)c1ccc(/C=C(\C=O)c2nc3ccccc3s2)cc1.CN. The number of hydrogen-bond acceptors (Lipinski definition) is 5. The van der Waals surface area contributed by atoms with E-state index in [4.69, 9.17) is 0 Å². The molecule has 0 saturated heterocycles. The number of anilines is 1. The van der Waals surface area contributed by atoms with Gasteiger partial charge in [-0.05, 0) is 56.8 Å². The highest BCUT2D eigenvalue weighted by molar-refractivity contribution is 7.19. The standard InChI is InChI=1S/C20H20N2OS.CH5N/c1-3-22(4-2)17-11-9-15(10-12-17)13-16(14-23)20-21-18-7-5-6-8-19(18)24-20;1-2/h5-14H,3-4H2,1-2H3;2H2,1H3/b16-13+;. The van der Waals surface area contributed by atoms with E-state index >= 15 is 0 Å². The Morgan fingerprint density at radius 1 is 1.08 bits per heavy atom. The molecule has 0 aliphatic heterocycles. The number of hydrogen-bond donors (Lipinski definition) is 1. The van der Waals surface area contributed by atoms with Crippen LogP contribution in [0.2, 0.25) is 0 Å². The Balaban J connectivity index is 0.00000117. The van der Waals surface area contributed by atoms with Gasteiger partial charge in [0.2, 0.25) is 0 Å². The molecule has 1 aromatic heterocycles. The number of fused-ring (bicyclic) bond motifs is 1. The molecule has 0 bridgehead atoms. The summed E-state index contributed by atoms with van der Waals surface area (Å²) in [6.07, 6.45) is 2.78. The molecule has 0 unspecified atom stereocenters. The van der Waals surface area contributed by atoms with Crippen LogP contribution in [-0.2, 0) is 4.79 Å². The minimum absolute atomic E-state index is 0.617. The van der Waals surface area contributed by atoms with E-state index in [2.05, 4.69) is 41.6 Å². The van der Waals surface area contributed by atoms with Gasteiger partial charge in [0, 0.05) is 18.8 Å². The van der Waals surface area contributed by atoms with Gasteiger partial charge in [0.05, 0.1) is 15.8 Å². The molecule has 3 rings (SSSR count). The van der Waals surface area contributed by atoms with Crippen molar-refractivity contribution in [3.05, 3.63) is 59.1 Å². The minimum Gasteiger partial charge on any atom is -0.372 e. The van der Waals surface area contributed by atoms with E-state index in [0.717, 1.165) is 40.2 Å². The summed E-state index contributed by atoms with van der Waals surface area (Å²) >= 11 is 1.55. The van der Waals surface area contributed by atoms with Crippen molar-refractivity contribution in [3.8, 4) is 0 Å². The van der Waals surface area contributed by atoms with Crippen molar-refractivity contribution in [2.45, 2.75) is 13.8 Å². The first kappa shape index (κ1) is 19.8. The second kappa shape index (κ2) is 9.85. The molecular formula is C21H25N3OS. The van der Waals surface area contributed by atoms with Crippen molar-refractivity contribution in [2.24, 2.45) is 5.73 Å². The van der Waals surface area contributed by atoms with E-state index in [-0.39, 0.29) is 0 Å². The van der Waals surface area contributed by atoms with E-state index in [1.54, 1.807) is 11.3 Å². The third-order valence-electron chi connectivity index (χ3n) is 4.01. The molecule has 0 spiro atoms. The van der Waals surface area contributed by atoms with Crippen molar-refractivity contribution in [1.82, 2.24) is 4.98 Å². The molecule has 2 aromatic carbocycles.